The number of ether oxygens (including phenoxy) is 2. The standard InChI is InChI=1S/C39H37ClN4O6/c1-38(2,3)49-36(47)41-35-43(23-25-10-9-13-31-28(25)20-21-42(31)37(48)50-39(4,5)6)32-11-7-8-12-33(32)44(35)27-17-14-24(15-18-27)30-22-26(40)16-19-29(30)34(45)46/h7-22H,23H2,1-6H3,(H,45,46). The van der Waals surface area contributed by atoms with Crippen LogP contribution in [-0.2, 0) is 16.0 Å². The van der Waals surface area contributed by atoms with Crippen LogP contribution in [0.3, 0.4) is 0 Å². The van der Waals surface area contributed by atoms with E-state index in [0.717, 1.165) is 22.0 Å². The summed E-state index contributed by atoms with van der Waals surface area (Å²) in [6.45, 7) is 11.1. The molecule has 0 radical (unpaired) electrons. The lowest BCUT2D eigenvalue weighted by molar-refractivity contribution is 0.0541. The van der Waals surface area contributed by atoms with Crippen molar-refractivity contribution in [2.24, 2.45) is 4.99 Å². The molecule has 50 heavy (non-hydrogen) atoms. The number of carbonyl (C=O) groups is 3. The third-order valence-corrected chi connectivity index (χ3v) is 8.07. The molecule has 10 nitrogen and oxygen atoms in total. The maximum Gasteiger partial charge on any atom is 0.437 e. The van der Waals surface area contributed by atoms with Crippen LogP contribution in [0, 0.1) is 0 Å². The second-order valence-corrected chi connectivity index (χ2v) is 14.3. The number of carboxylic acids is 1. The quantitative estimate of drug-likeness (QED) is 0.193. The molecular weight excluding hydrogens is 656 g/mol. The molecule has 0 aliphatic carbocycles. The molecule has 0 fully saturated rings. The lowest BCUT2D eigenvalue weighted by atomic mass is 9.99. The lowest BCUT2D eigenvalue weighted by Crippen LogP contribution is -2.30. The highest BCUT2D eigenvalue weighted by molar-refractivity contribution is 6.31. The molecule has 0 spiro atoms. The fourth-order valence-corrected chi connectivity index (χ4v) is 6.02. The van der Waals surface area contributed by atoms with Gasteiger partial charge in [-0.1, -0.05) is 48.0 Å². The monoisotopic (exact) mass is 692 g/mol. The van der Waals surface area contributed by atoms with Crippen LogP contribution < -0.4 is 5.62 Å². The largest absolute Gasteiger partial charge is 0.478 e. The number of carbonyl (C=O) groups excluding carboxylic acids is 2. The second kappa shape index (κ2) is 13.0. The third-order valence-electron chi connectivity index (χ3n) is 7.83. The van der Waals surface area contributed by atoms with E-state index >= 15 is 0 Å². The number of para-hydroxylation sites is 2. The second-order valence-electron chi connectivity index (χ2n) is 13.9. The number of halogens is 1. The van der Waals surface area contributed by atoms with Crippen LogP contribution in [0.4, 0.5) is 9.59 Å². The predicted molar refractivity (Wildman–Crippen MR) is 193 cm³/mol. The van der Waals surface area contributed by atoms with Gasteiger partial charge in [-0.2, -0.15) is 0 Å². The van der Waals surface area contributed by atoms with Gasteiger partial charge in [0.2, 0.25) is 5.62 Å². The number of rotatable bonds is 5. The van der Waals surface area contributed by atoms with Crippen molar-refractivity contribution in [1.29, 1.82) is 0 Å². The van der Waals surface area contributed by atoms with E-state index in [4.69, 9.17) is 21.1 Å². The first-order valence-electron chi connectivity index (χ1n) is 16.0. The molecule has 0 bridgehead atoms. The maximum absolute atomic E-state index is 13.3. The van der Waals surface area contributed by atoms with Crippen LogP contribution in [-0.4, -0.2) is 48.2 Å². The SMILES string of the molecule is CC(C)(C)OC(=O)N=c1n(Cc2cccc3c2ccn3C(=O)OC(C)(C)C)c2ccccc2n1-c1ccc(-c2cc(Cl)ccc2C(=O)O)cc1. The van der Waals surface area contributed by atoms with E-state index in [2.05, 4.69) is 4.99 Å². The number of imidazole rings is 1. The first-order chi connectivity index (χ1) is 23.6. The Morgan fingerprint density at radius 2 is 1.44 bits per heavy atom. The number of aromatic carboxylic acids is 1. The number of amides is 1. The van der Waals surface area contributed by atoms with Gasteiger partial charge in [0.1, 0.15) is 11.2 Å². The average molecular weight is 693 g/mol. The summed E-state index contributed by atoms with van der Waals surface area (Å²) < 4.78 is 16.6. The van der Waals surface area contributed by atoms with E-state index < -0.39 is 29.4 Å². The van der Waals surface area contributed by atoms with Gasteiger partial charge in [0.15, 0.2) is 0 Å². The smallest absolute Gasteiger partial charge is 0.437 e. The summed E-state index contributed by atoms with van der Waals surface area (Å²) in [6.07, 6.45) is 0.455. The van der Waals surface area contributed by atoms with Crippen molar-refractivity contribution < 1.29 is 29.0 Å². The molecule has 2 heterocycles. The number of hydrogen-bond acceptors (Lipinski definition) is 5. The molecule has 11 heteroatoms. The summed E-state index contributed by atoms with van der Waals surface area (Å²) >= 11 is 6.25. The van der Waals surface area contributed by atoms with Crippen molar-refractivity contribution in [3.63, 3.8) is 0 Å². The van der Waals surface area contributed by atoms with E-state index in [9.17, 15) is 19.5 Å². The van der Waals surface area contributed by atoms with Gasteiger partial charge in [-0.05, 0) is 113 Å². The topological polar surface area (TPSA) is 117 Å². The number of nitrogens with zero attached hydrogens (tertiary/aromatic N) is 4. The number of aromatic nitrogens is 3. The van der Waals surface area contributed by atoms with Gasteiger partial charge < -0.3 is 19.1 Å². The molecule has 0 saturated heterocycles. The van der Waals surface area contributed by atoms with Crippen LogP contribution in [0.25, 0.3) is 38.8 Å². The summed E-state index contributed by atoms with van der Waals surface area (Å²) in [5, 5.41) is 11.1. The molecule has 2 aromatic heterocycles. The molecule has 4 aromatic carbocycles. The van der Waals surface area contributed by atoms with Gasteiger partial charge in [-0.25, -0.2) is 14.4 Å². The van der Waals surface area contributed by atoms with Crippen LogP contribution in [0.15, 0.2) is 102 Å². The molecule has 0 unspecified atom stereocenters. The Bertz CT molecular complexity index is 2350. The van der Waals surface area contributed by atoms with Gasteiger partial charge in [0.25, 0.3) is 0 Å². The highest BCUT2D eigenvalue weighted by Gasteiger charge is 2.22. The third kappa shape index (κ3) is 7.06. The number of carboxylic acid groups (broad SMARTS) is 1. The molecule has 0 aliphatic heterocycles. The molecule has 256 valence electrons. The molecule has 1 N–H and O–H groups in total. The molecule has 0 saturated carbocycles. The average Bonchev–Trinajstić information content (AvgIpc) is 3.59. The van der Waals surface area contributed by atoms with Crippen LogP contribution in [0.5, 0.6) is 0 Å². The summed E-state index contributed by atoms with van der Waals surface area (Å²) in [5.74, 6) is -1.06. The van der Waals surface area contributed by atoms with Crippen LogP contribution in [0.1, 0.15) is 57.5 Å². The Balaban J connectivity index is 1.53. The molecular formula is C39H37ClN4O6. The zero-order valence-corrected chi connectivity index (χ0v) is 29.4. The van der Waals surface area contributed by atoms with E-state index in [-0.39, 0.29) is 5.56 Å². The summed E-state index contributed by atoms with van der Waals surface area (Å²) in [5.41, 5.74) is 3.95. The van der Waals surface area contributed by atoms with E-state index in [0.29, 0.717) is 39.5 Å². The van der Waals surface area contributed by atoms with E-state index in [1.165, 1.54) is 10.6 Å². The maximum atomic E-state index is 13.3. The van der Waals surface area contributed by atoms with Gasteiger partial charge in [0, 0.05) is 22.3 Å². The van der Waals surface area contributed by atoms with Crippen molar-refractivity contribution in [3.8, 4) is 16.8 Å². The summed E-state index contributed by atoms with van der Waals surface area (Å²) in [7, 11) is 0. The van der Waals surface area contributed by atoms with Crippen LogP contribution in [0.2, 0.25) is 5.02 Å². The van der Waals surface area contributed by atoms with Crippen molar-refractivity contribution in [3.05, 3.63) is 119 Å². The van der Waals surface area contributed by atoms with E-state index in [1.807, 2.05) is 103 Å². The number of benzene rings is 4. The summed E-state index contributed by atoms with van der Waals surface area (Å²) in [6, 6.07) is 27.2. The Morgan fingerprint density at radius 3 is 2.10 bits per heavy atom. The Kier molecular flexibility index (Phi) is 8.92. The molecule has 6 aromatic rings. The normalized spacial score (nSPS) is 12.4. The zero-order chi connectivity index (χ0) is 36.0. The first kappa shape index (κ1) is 34.3. The molecule has 0 aliphatic rings. The van der Waals surface area contributed by atoms with Crippen molar-refractivity contribution in [1.82, 2.24) is 13.7 Å². The highest BCUT2D eigenvalue weighted by atomic mass is 35.5. The lowest BCUT2D eigenvalue weighted by Gasteiger charge is -2.19. The van der Waals surface area contributed by atoms with Crippen molar-refractivity contribution in [2.45, 2.75) is 59.3 Å². The van der Waals surface area contributed by atoms with Gasteiger partial charge in [-0.15, -0.1) is 4.99 Å². The minimum absolute atomic E-state index is 0.127. The fourth-order valence-electron chi connectivity index (χ4n) is 5.85. The Labute approximate surface area is 293 Å². The van der Waals surface area contributed by atoms with Gasteiger partial charge in [0.05, 0.1) is 28.7 Å². The minimum Gasteiger partial charge on any atom is -0.478 e. The van der Waals surface area contributed by atoms with E-state index in [1.54, 1.807) is 39.1 Å². The fraction of sp³-hybridized carbons (Fsp3) is 0.231. The van der Waals surface area contributed by atoms with Crippen LogP contribution >= 0.6 is 11.6 Å². The summed E-state index contributed by atoms with van der Waals surface area (Å²) in [4.78, 5) is 42.9. The number of hydrogen-bond donors (Lipinski definition) is 1. The van der Waals surface area contributed by atoms with Crippen molar-refractivity contribution in [2.75, 3.05) is 0 Å². The van der Waals surface area contributed by atoms with Crippen molar-refractivity contribution >= 4 is 51.7 Å². The van der Waals surface area contributed by atoms with Gasteiger partial charge >= 0.3 is 18.2 Å². The number of fused-ring (bicyclic) bond motifs is 2. The highest BCUT2D eigenvalue weighted by Crippen LogP contribution is 2.30. The molecule has 1 amide bonds. The minimum atomic E-state index is -1.06. The Hall–Kier alpha value is -5.61. The predicted octanol–water partition coefficient (Wildman–Crippen LogP) is 9.07. The van der Waals surface area contributed by atoms with Gasteiger partial charge in [-0.3, -0.25) is 9.13 Å². The first-order valence-corrected chi connectivity index (χ1v) is 16.4. The molecule has 0 atom stereocenters. The molecule has 6 rings (SSSR count). The Morgan fingerprint density at radius 1 is 0.780 bits per heavy atom. The zero-order valence-electron chi connectivity index (χ0n) is 28.6.